The highest BCUT2D eigenvalue weighted by molar-refractivity contribution is 5.74. The zero-order valence-electron chi connectivity index (χ0n) is 15.0. The Bertz CT molecular complexity index is 679. The van der Waals surface area contributed by atoms with Crippen LogP contribution in [-0.4, -0.2) is 47.0 Å². The van der Waals surface area contributed by atoms with Crippen molar-refractivity contribution in [1.82, 2.24) is 20.1 Å². The maximum Gasteiger partial charge on any atom is 0.317 e. The average molecular weight is 338 g/mol. The van der Waals surface area contributed by atoms with Crippen molar-refractivity contribution in [2.75, 3.05) is 26.2 Å². The van der Waals surface area contributed by atoms with E-state index < -0.39 is 0 Å². The second kappa shape index (κ2) is 8.12. The first-order valence-electron chi connectivity index (χ1n) is 8.86. The Kier molecular flexibility index (Phi) is 5.66. The molecule has 2 amide bonds. The van der Waals surface area contributed by atoms with E-state index in [2.05, 4.69) is 46.4 Å². The van der Waals surface area contributed by atoms with Crippen LogP contribution < -0.4 is 5.32 Å². The topological polar surface area (TPSA) is 48.5 Å². The Balaban J connectivity index is 1.47. The molecule has 1 aromatic carbocycles. The van der Waals surface area contributed by atoms with Crippen molar-refractivity contribution in [2.24, 2.45) is 0 Å². The van der Waals surface area contributed by atoms with Gasteiger partial charge in [-0.25, -0.2) is 4.79 Å². The van der Waals surface area contributed by atoms with Gasteiger partial charge in [0.05, 0.1) is 11.7 Å². The summed E-state index contributed by atoms with van der Waals surface area (Å²) in [7, 11) is 0. The fraction of sp³-hybridized carbons (Fsp3) is 0.400. The molecule has 1 aliphatic heterocycles. The molecule has 0 spiro atoms. The SMILES string of the molecule is Cc1ccc([C@@H](C)NC(=O)N2CCN(Cc3ccccn3)CC2)cc1. The molecule has 132 valence electrons. The number of rotatable bonds is 4. The Morgan fingerprint density at radius 2 is 1.84 bits per heavy atom. The highest BCUT2D eigenvalue weighted by Gasteiger charge is 2.22. The Labute approximate surface area is 149 Å². The van der Waals surface area contributed by atoms with E-state index in [1.807, 2.05) is 36.2 Å². The van der Waals surface area contributed by atoms with Gasteiger partial charge in [0.1, 0.15) is 0 Å². The minimum atomic E-state index is 0.0136. The van der Waals surface area contributed by atoms with Gasteiger partial charge in [0, 0.05) is 38.9 Å². The molecule has 0 saturated carbocycles. The minimum absolute atomic E-state index is 0.0136. The predicted molar refractivity (Wildman–Crippen MR) is 99.2 cm³/mol. The molecule has 2 heterocycles. The number of urea groups is 1. The molecule has 0 aliphatic carbocycles. The van der Waals surface area contributed by atoms with Gasteiger partial charge in [-0.15, -0.1) is 0 Å². The molecular formula is C20H26N4O. The quantitative estimate of drug-likeness (QED) is 0.932. The molecule has 2 aromatic rings. The van der Waals surface area contributed by atoms with Gasteiger partial charge in [-0.3, -0.25) is 9.88 Å². The normalized spacial score (nSPS) is 16.5. The van der Waals surface area contributed by atoms with Crippen LogP contribution in [0.2, 0.25) is 0 Å². The number of hydrogen-bond acceptors (Lipinski definition) is 3. The number of carbonyl (C=O) groups excluding carboxylic acids is 1. The van der Waals surface area contributed by atoms with Crippen LogP contribution in [0.5, 0.6) is 0 Å². The minimum Gasteiger partial charge on any atom is -0.331 e. The fourth-order valence-corrected chi connectivity index (χ4v) is 3.04. The molecule has 1 fully saturated rings. The van der Waals surface area contributed by atoms with Crippen LogP contribution in [0.25, 0.3) is 0 Å². The zero-order chi connectivity index (χ0) is 17.6. The first-order chi connectivity index (χ1) is 12.1. The van der Waals surface area contributed by atoms with Crippen molar-refractivity contribution in [2.45, 2.75) is 26.4 Å². The van der Waals surface area contributed by atoms with Gasteiger partial charge in [0.15, 0.2) is 0 Å². The third kappa shape index (κ3) is 4.79. The molecule has 1 aliphatic rings. The fourth-order valence-electron chi connectivity index (χ4n) is 3.04. The third-order valence-corrected chi connectivity index (χ3v) is 4.69. The van der Waals surface area contributed by atoms with Gasteiger partial charge >= 0.3 is 6.03 Å². The average Bonchev–Trinajstić information content (AvgIpc) is 2.63. The number of piperazine rings is 1. The van der Waals surface area contributed by atoms with Gasteiger partial charge in [-0.1, -0.05) is 35.9 Å². The zero-order valence-corrected chi connectivity index (χ0v) is 15.0. The van der Waals surface area contributed by atoms with E-state index in [1.54, 1.807) is 0 Å². The third-order valence-electron chi connectivity index (χ3n) is 4.69. The van der Waals surface area contributed by atoms with E-state index in [0.29, 0.717) is 0 Å². The Morgan fingerprint density at radius 3 is 2.48 bits per heavy atom. The van der Waals surface area contributed by atoms with Crippen LogP contribution in [0.4, 0.5) is 4.79 Å². The lowest BCUT2D eigenvalue weighted by Crippen LogP contribution is -2.51. The molecule has 1 N–H and O–H groups in total. The first kappa shape index (κ1) is 17.4. The number of amides is 2. The maximum absolute atomic E-state index is 12.5. The summed E-state index contributed by atoms with van der Waals surface area (Å²) < 4.78 is 0. The summed E-state index contributed by atoms with van der Waals surface area (Å²) in [5.74, 6) is 0. The second-order valence-corrected chi connectivity index (χ2v) is 6.67. The number of aryl methyl sites for hydroxylation is 1. The van der Waals surface area contributed by atoms with Gasteiger partial charge in [-0.2, -0.15) is 0 Å². The van der Waals surface area contributed by atoms with Crippen LogP contribution in [0.1, 0.15) is 29.8 Å². The van der Waals surface area contributed by atoms with Crippen LogP contribution >= 0.6 is 0 Å². The second-order valence-electron chi connectivity index (χ2n) is 6.67. The van der Waals surface area contributed by atoms with Gasteiger partial charge in [0.25, 0.3) is 0 Å². The smallest absolute Gasteiger partial charge is 0.317 e. The number of carbonyl (C=O) groups is 1. The number of aromatic nitrogens is 1. The van der Waals surface area contributed by atoms with Gasteiger partial charge in [-0.05, 0) is 31.5 Å². The predicted octanol–water partition coefficient (Wildman–Crippen LogP) is 2.98. The van der Waals surface area contributed by atoms with E-state index in [9.17, 15) is 4.79 Å². The highest BCUT2D eigenvalue weighted by Crippen LogP contribution is 2.14. The summed E-state index contributed by atoms with van der Waals surface area (Å²) in [6, 6.07) is 14.3. The molecule has 25 heavy (non-hydrogen) atoms. The number of nitrogens with zero attached hydrogens (tertiary/aromatic N) is 3. The van der Waals surface area contributed by atoms with Crippen molar-refractivity contribution >= 4 is 6.03 Å². The number of nitrogens with one attached hydrogen (secondary N) is 1. The number of benzene rings is 1. The lowest BCUT2D eigenvalue weighted by atomic mass is 10.1. The van der Waals surface area contributed by atoms with Crippen LogP contribution in [-0.2, 0) is 6.54 Å². The molecule has 0 bridgehead atoms. The molecular weight excluding hydrogens is 312 g/mol. The summed E-state index contributed by atoms with van der Waals surface area (Å²) in [5.41, 5.74) is 3.44. The van der Waals surface area contributed by atoms with Crippen molar-refractivity contribution in [3.05, 3.63) is 65.5 Å². The van der Waals surface area contributed by atoms with Crippen molar-refractivity contribution < 1.29 is 4.79 Å². The highest BCUT2D eigenvalue weighted by atomic mass is 16.2. The number of pyridine rings is 1. The van der Waals surface area contributed by atoms with Crippen molar-refractivity contribution in [1.29, 1.82) is 0 Å². The van der Waals surface area contributed by atoms with Gasteiger partial charge < -0.3 is 10.2 Å². The van der Waals surface area contributed by atoms with E-state index in [1.165, 1.54) is 5.56 Å². The summed E-state index contributed by atoms with van der Waals surface area (Å²) in [5, 5.41) is 3.11. The van der Waals surface area contributed by atoms with Crippen LogP contribution in [0.15, 0.2) is 48.7 Å². The molecule has 5 nitrogen and oxygen atoms in total. The lowest BCUT2D eigenvalue weighted by molar-refractivity contribution is 0.133. The van der Waals surface area contributed by atoms with Crippen molar-refractivity contribution in [3.63, 3.8) is 0 Å². The standard InChI is InChI=1S/C20H26N4O/c1-16-6-8-18(9-7-16)17(2)22-20(25)24-13-11-23(12-14-24)15-19-5-3-4-10-21-19/h3-10,17H,11-15H2,1-2H3,(H,22,25)/t17-/m1/s1. The monoisotopic (exact) mass is 338 g/mol. The summed E-state index contributed by atoms with van der Waals surface area (Å²) in [4.78, 5) is 21.1. The summed E-state index contributed by atoms with van der Waals surface area (Å²) in [6.07, 6.45) is 1.82. The Hall–Kier alpha value is -2.40. The lowest BCUT2D eigenvalue weighted by Gasteiger charge is -2.35. The molecule has 0 radical (unpaired) electrons. The van der Waals surface area contributed by atoms with E-state index >= 15 is 0 Å². The molecule has 1 aromatic heterocycles. The first-order valence-corrected chi connectivity index (χ1v) is 8.86. The summed E-state index contributed by atoms with van der Waals surface area (Å²) in [6.45, 7) is 8.19. The van der Waals surface area contributed by atoms with Gasteiger partial charge in [0.2, 0.25) is 0 Å². The summed E-state index contributed by atoms with van der Waals surface area (Å²) >= 11 is 0. The van der Waals surface area contributed by atoms with Crippen LogP contribution in [0, 0.1) is 6.92 Å². The molecule has 1 atom stereocenters. The van der Waals surface area contributed by atoms with Crippen LogP contribution in [0.3, 0.4) is 0 Å². The number of hydrogen-bond donors (Lipinski definition) is 1. The Morgan fingerprint density at radius 1 is 1.12 bits per heavy atom. The molecule has 1 saturated heterocycles. The van der Waals surface area contributed by atoms with E-state index in [0.717, 1.165) is 44.0 Å². The maximum atomic E-state index is 12.5. The van der Waals surface area contributed by atoms with E-state index in [-0.39, 0.29) is 12.1 Å². The molecule has 3 rings (SSSR count). The molecule has 0 unspecified atom stereocenters. The van der Waals surface area contributed by atoms with E-state index in [4.69, 9.17) is 0 Å². The largest absolute Gasteiger partial charge is 0.331 e. The molecule has 5 heteroatoms. The van der Waals surface area contributed by atoms with Crippen molar-refractivity contribution in [3.8, 4) is 0 Å².